The second-order valence-electron chi connectivity index (χ2n) is 12.3. The molecule has 0 atom stereocenters. The van der Waals surface area contributed by atoms with Crippen LogP contribution in [0.15, 0.2) is 35.8 Å². The number of unbranched alkanes of at least 4 members (excludes halogenated alkanes) is 1. The van der Waals surface area contributed by atoms with Gasteiger partial charge in [-0.15, -0.1) is 28.3 Å². The fourth-order valence-electron chi connectivity index (χ4n) is 5.19. The Balaban J connectivity index is 0.00000442. The van der Waals surface area contributed by atoms with E-state index >= 15 is 0 Å². The van der Waals surface area contributed by atoms with Crippen molar-refractivity contribution in [1.29, 1.82) is 5.41 Å². The van der Waals surface area contributed by atoms with Crippen LogP contribution in [0.3, 0.4) is 0 Å². The number of rotatable bonds is 15. The van der Waals surface area contributed by atoms with E-state index in [1.54, 1.807) is 28.5 Å². The molecule has 2 aliphatic rings. The van der Waals surface area contributed by atoms with E-state index in [1.165, 1.54) is 0 Å². The number of hydrogen-bond acceptors (Lipinski definition) is 8. The van der Waals surface area contributed by atoms with Crippen molar-refractivity contribution in [3.63, 3.8) is 0 Å². The molecule has 0 radical (unpaired) electrons. The number of aryl methyl sites for hydroxylation is 1. The molecule has 9 nitrogen and oxygen atoms in total. The first-order chi connectivity index (χ1) is 20.6. The summed E-state index contributed by atoms with van der Waals surface area (Å²) in [6.07, 6.45) is 6.84. The average molecular weight is 686 g/mol. The Morgan fingerprint density at radius 2 is 1.89 bits per heavy atom. The third-order valence-electron chi connectivity index (χ3n) is 7.72. The van der Waals surface area contributed by atoms with Crippen LogP contribution in [0.1, 0.15) is 103 Å². The minimum absolute atomic E-state index is 0. The number of ether oxygens (including phenoxy) is 2. The van der Waals surface area contributed by atoms with Crippen molar-refractivity contribution < 1.29 is 24.2 Å². The van der Waals surface area contributed by atoms with Gasteiger partial charge in [-0.3, -0.25) is 15.0 Å². The highest BCUT2D eigenvalue weighted by atomic mass is 79.9. The normalized spacial score (nSPS) is 14.2. The van der Waals surface area contributed by atoms with Crippen molar-refractivity contribution in [2.24, 2.45) is 0 Å². The lowest BCUT2D eigenvalue weighted by Crippen LogP contribution is -2.30. The summed E-state index contributed by atoms with van der Waals surface area (Å²) in [6.45, 7) is 7.52. The molecule has 1 aliphatic heterocycles. The summed E-state index contributed by atoms with van der Waals surface area (Å²) in [4.78, 5) is 35.6. The molecule has 0 saturated heterocycles. The maximum Gasteiger partial charge on any atom is 0.303 e. The molecule has 0 bridgehead atoms. The smallest absolute Gasteiger partial charge is 0.303 e. The van der Waals surface area contributed by atoms with Gasteiger partial charge in [0.2, 0.25) is 0 Å². The van der Waals surface area contributed by atoms with Crippen LogP contribution in [0.2, 0.25) is 0 Å². The molecular weight excluding hydrogens is 644 g/mol. The molecule has 3 heterocycles. The predicted octanol–water partition coefficient (Wildman–Crippen LogP) is 6.96. The number of nitrogens with one attached hydrogen (secondary N) is 1. The van der Waals surface area contributed by atoms with Gasteiger partial charge in [0.15, 0.2) is 17.3 Å². The molecule has 5 rings (SSSR count). The van der Waals surface area contributed by atoms with Gasteiger partial charge in [0, 0.05) is 59.3 Å². The summed E-state index contributed by atoms with van der Waals surface area (Å²) < 4.78 is 12.5. The number of Topliss-reactive ketones (excluding diaryl/α,β-unsaturated/α-hetero) is 1. The van der Waals surface area contributed by atoms with Crippen molar-refractivity contribution in [3.8, 4) is 11.5 Å². The Hall–Kier alpha value is -3.31. The molecule has 2 N–H and O–H groups in total. The number of carboxylic acids is 1. The number of hydrogen-bond donors (Lipinski definition) is 2. The Bertz CT molecular complexity index is 1480. The van der Waals surface area contributed by atoms with E-state index < -0.39 is 5.97 Å². The van der Waals surface area contributed by atoms with Crippen molar-refractivity contribution in [3.05, 3.63) is 68.9 Å². The third-order valence-corrected chi connectivity index (χ3v) is 8.56. The van der Waals surface area contributed by atoms with Crippen molar-refractivity contribution in [1.82, 2.24) is 14.9 Å². The Labute approximate surface area is 273 Å². The maximum absolute atomic E-state index is 13.8. The molecular formula is C33H41BrN4O5S. The first-order valence-corrected chi connectivity index (χ1v) is 15.9. The Morgan fingerprint density at radius 1 is 1.11 bits per heavy atom. The fourth-order valence-corrected chi connectivity index (χ4v) is 5.85. The lowest BCUT2D eigenvalue weighted by molar-refractivity contribution is -0.137. The molecule has 0 spiro atoms. The largest absolute Gasteiger partial charge is 0.490 e. The number of carboxylic acid groups (broad SMARTS) is 1. The number of aliphatic carboxylic acids is 1. The minimum Gasteiger partial charge on any atom is -0.490 e. The first-order valence-electron chi connectivity index (χ1n) is 15.0. The number of benzene rings is 1. The molecule has 1 aromatic carbocycles. The van der Waals surface area contributed by atoms with E-state index in [0.717, 1.165) is 47.5 Å². The monoisotopic (exact) mass is 684 g/mol. The molecule has 2 aromatic heterocycles. The third kappa shape index (κ3) is 8.44. The van der Waals surface area contributed by atoms with Gasteiger partial charge in [-0.25, -0.2) is 9.97 Å². The van der Waals surface area contributed by atoms with Gasteiger partial charge in [0.25, 0.3) is 0 Å². The molecule has 1 aliphatic carbocycles. The number of halogens is 1. The van der Waals surface area contributed by atoms with E-state index in [1.807, 2.05) is 17.5 Å². The molecule has 0 amide bonds. The lowest BCUT2D eigenvalue weighted by atomic mass is 9.84. The second-order valence-corrected chi connectivity index (χ2v) is 13.3. The number of ketones is 1. The molecule has 44 heavy (non-hydrogen) atoms. The highest BCUT2D eigenvalue weighted by molar-refractivity contribution is 8.93. The molecule has 1 fully saturated rings. The van der Waals surface area contributed by atoms with Gasteiger partial charge < -0.3 is 19.5 Å². The van der Waals surface area contributed by atoms with Gasteiger partial charge in [-0.2, -0.15) is 0 Å². The molecule has 236 valence electrons. The van der Waals surface area contributed by atoms with Crippen molar-refractivity contribution >= 4 is 45.9 Å². The van der Waals surface area contributed by atoms with E-state index in [0.29, 0.717) is 67.1 Å². The number of carbonyl (C=O) groups is 2. The molecule has 1 saturated carbocycles. The van der Waals surface area contributed by atoms with Crippen LogP contribution in [-0.4, -0.2) is 57.3 Å². The Kier molecular flexibility index (Phi) is 11.2. The Morgan fingerprint density at radius 3 is 2.57 bits per heavy atom. The van der Waals surface area contributed by atoms with Gasteiger partial charge in [-0.1, -0.05) is 26.8 Å². The fraction of sp³-hybridized carbons (Fsp3) is 0.485. The maximum atomic E-state index is 13.8. The minimum atomic E-state index is -0.823. The number of fused-ring (bicyclic) bond motifs is 1. The number of pyridine rings is 1. The van der Waals surface area contributed by atoms with Gasteiger partial charge in [0.05, 0.1) is 24.8 Å². The van der Waals surface area contributed by atoms with Crippen molar-refractivity contribution in [2.45, 2.75) is 83.6 Å². The number of carbonyl (C=O) groups excluding carboxylic acids is 1. The van der Waals surface area contributed by atoms with Gasteiger partial charge in [0.1, 0.15) is 11.5 Å². The highest BCUT2D eigenvalue weighted by Crippen LogP contribution is 2.41. The number of thiazole rings is 1. The summed E-state index contributed by atoms with van der Waals surface area (Å²) in [7, 11) is 0. The van der Waals surface area contributed by atoms with E-state index in [9.17, 15) is 9.59 Å². The summed E-state index contributed by atoms with van der Waals surface area (Å²) in [5.74, 6) is 0.960. The topological polar surface area (TPSA) is 126 Å². The number of nitrogens with zero attached hydrogens (tertiary/aromatic N) is 3. The van der Waals surface area contributed by atoms with E-state index in [-0.39, 0.29) is 41.1 Å². The quantitative estimate of drug-likeness (QED) is 0.130. The SMILES string of the molecule is Br.CC(C)(C)c1cc(C(=O)CN2Cc3ccc(C4CC4)nc3C2=N)cc(OCCCc2nccs2)c1OCCCCC(=O)O. The lowest BCUT2D eigenvalue weighted by Gasteiger charge is -2.26. The summed E-state index contributed by atoms with van der Waals surface area (Å²) in [5.41, 5.74) is 3.71. The van der Waals surface area contributed by atoms with E-state index in [2.05, 4.69) is 31.8 Å². The molecule has 3 aromatic rings. The number of amidine groups is 1. The van der Waals surface area contributed by atoms with Crippen LogP contribution >= 0.6 is 28.3 Å². The average Bonchev–Trinajstić information content (AvgIpc) is 3.60. The van der Waals surface area contributed by atoms with Crippen LogP contribution < -0.4 is 9.47 Å². The zero-order chi connectivity index (χ0) is 30.6. The summed E-state index contributed by atoms with van der Waals surface area (Å²) >= 11 is 1.61. The zero-order valence-electron chi connectivity index (χ0n) is 25.6. The summed E-state index contributed by atoms with van der Waals surface area (Å²) in [6, 6.07) is 7.74. The summed E-state index contributed by atoms with van der Waals surface area (Å²) in [5, 5.41) is 20.7. The van der Waals surface area contributed by atoms with E-state index in [4.69, 9.17) is 25.0 Å². The standard InChI is InChI=1S/C33H40N4O5S.BrH/c1-33(2,3)24-17-23(26(38)20-37-19-22-11-12-25(21-9-10-21)36-30(22)32(37)34)18-27(31(24)42-14-5-4-8-29(39)40)41-15-6-7-28-35-13-16-43-28;/h11-13,16-18,21,34H,4-10,14-15,19-20H2,1-3H3,(H,39,40);1H. The second kappa shape index (κ2) is 14.6. The highest BCUT2D eigenvalue weighted by Gasteiger charge is 2.32. The number of aromatic nitrogens is 2. The van der Waals surface area contributed by atoms with Crippen LogP contribution in [0.25, 0.3) is 0 Å². The van der Waals surface area contributed by atoms with Gasteiger partial charge >= 0.3 is 5.97 Å². The van der Waals surface area contributed by atoms with Crippen LogP contribution in [-0.2, 0) is 23.2 Å². The zero-order valence-corrected chi connectivity index (χ0v) is 28.1. The van der Waals surface area contributed by atoms with Crippen LogP contribution in [0, 0.1) is 5.41 Å². The van der Waals surface area contributed by atoms with Crippen LogP contribution in [0.5, 0.6) is 11.5 Å². The van der Waals surface area contributed by atoms with Gasteiger partial charge in [-0.05, 0) is 55.7 Å². The first kappa shape index (κ1) is 33.6. The molecule has 0 unspecified atom stereocenters. The van der Waals surface area contributed by atoms with Crippen molar-refractivity contribution in [2.75, 3.05) is 19.8 Å². The molecule has 11 heteroatoms. The predicted molar refractivity (Wildman–Crippen MR) is 176 cm³/mol. The van der Waals surface area contributed by atoms with Crippen LogP contribution in [0.4, 0.5) is 0 Å².